The highest BCUT2D eigenvalue weighted by molar-refractivity contribution is 7.47. The molecule has 4 N–H and O–H groups in total. The first-order valence-corrected chi connectivity index (χ1v) is 22.6. The van der Waals surface area contributed by atoms with Gasteiger partial charge in [0, 0.05) is 19.4 Å². The third kappa shape index (κ3) is 39.4. The molecule has 0 rings (SSSR count). The molecule has 0 heterocycles. The Balaban J connectivity index is 4.35. The monoisotopic (exact) mass is 806 g/mol. The molecule has 0 aliphatic carbocycles. The van der Waals surface area contributed by atoms with Crippen molar-refractivity contribution in [2.45, 2.75) is 161 Å². The quantitative estimate of drug-likeness (QED) is 0.0238. The van der Waals surface area contributed by atoms with Crippen LogP contribution >= 0.6 is 7.82 Å². The Morgan fingerprint density at radius 2 is 1.11 bits per heavy atom. The minimum Gasteiger partial charge on any atom is -0.462 e. The highest BCUT2D eigenvalue weighted by atomic mass is 31.2. The lowest BCUT2D eigenvalue weighted by atomic mass is 10.1. The third-order valence-corrected chi connectivity index (χ3v) is 9.29. The number of hydrogen-bond donors (Lipinski definition) is 3. The number of aliphatic hydroxyl groups excluding tert-OH is 1. The maximum atomic E-state index is 12.6. The summed E-state index contributed by atoms with van der Waals surface area (Å²) in [7, 11) is -4.41. The third-order valence-electron chi connectivity index (χ3n) is 8.31. The minimum atomic E-state index is -4.41. The SMILES string of the molecule is CCCCC/C=C\C/C=C\C/C=C\CCCCCCC(=O)OC[C@H](COP(=O)(O)OCCN)OC(=O)CCC/C=C\C/C=C\C/C=C\C/C=C\CC(O)CCC. The summed E-state index contributed by atoms with van der Waals surface area (Å²) in [5.41, 5.74) is 5.33. The molecule has 0 fully saturated rings. The van der Waals surface area contributed by atoms with Crippen molar-refractivity contribution in [2.75, 3.05) is 26.4 Å². The van der Waals surface area contributed by atoms with E-state index in [1.807, 2.05) is 18.2 Å². The van der Waals surface area contributed by atoms with E-state index in [-0.39, 0.29) is 38.7 Å². The Hall–Kier alpha value is -2.85. The number of aliphatic hydroxyl groups is 1. The van der Waals surface area contributed by atoms with Crippen LogP contribution in [0.2, 0.25) is 0 Å². The van der Waals surface area contributed by atoms with E-state index < -0.39 is 32.5 Å². The van der Waals surface area contributed by atoms with Crippen LogP contribution in [-0.4, -0.2) is 60.5 Å². The highest BCUT2D eigenvalue weighted by Crippen LogP contribution is 2.43. The molecule has 0 spiro atoms. The molecular formula is C45H76NO9P. The lowest BCUT2D eigenvalue weighted by molar-refractivity contribution is -0.161. The molecule has 0 amide bonds. The second-order valence-corrected chi connectivity index (χ2v) is 15.1. The van der Waals surface area contributed by atoms with Gasteiger partial charge < -0.3 is 25.2 Å². The molecule has 2 unspecified atom stereocenters. The van der Waals surface area contributed by atoms with E-state index >= 15 is 0 Å². The number of ether oxygens (including phenoxy) is 2. The molecule has 320 valence electrons. The molecule has 11 heteroatoms. The number of carbonyl (C=O) groups excluding carboxylic acids is 2. The van der Waals surface area contributed by atoms with Crippen molar-refractivity contribution in [3.8, 4) is 0 Å². The zero-order chi connectivity index (χ0) is 41.2. The predicted molar refractivity (Wildman–Crippen MR) is 230 cm³/mol. The van der Waals surface area contributed by atoms with Crippen LogP contribution in [0.25, 0.3) is 0 Å². The van der Waals surface area contributed by atoms with Gasteiger partial charge in [-0.05, 0) is 89.9 Å². The molecule has 0 saturated heterocycles. The molecule has 3 atom stereocenters. The smallest absolute Gasteiger partial charge is 0.462 e. The first-order chi connectivity index (χ1) is 27.2. The number of carbonyl (C=O) groups is 2. The number of hydrogen-bond acceptors (Lipinski definition) is 9. The summed E-state index contributed by atoms with van der Waals surface area (Å²) in [5.74, 6) is -0.949. The predicted octanol–water partition coefficient (Wildman–Crippen LogP) is 11.0. The Labute approximate surface area is 339 Å². The number of phosphoric ester groups is 1. The topological polar surface area (TPSA) is 155 Å². The van der Waals surface area contributed by atoms with Gasteiger partial charge in [-0.15, -0.1) is 0 Å². The van der Waals surface area contributed by atoms with Crippen LogP contribution in [0.4, 0.5) is 0 Å². The minimum absolute atomic E-state index is 0.0306. The van der Waals surface area contributed by atoms with Gasteiger partial charge >= 0.3 is 19.8 Å². The highest BCUT2D eigenvalue weighted by Gasteiger charge is 2.25. The van der Waals surface area contributed by atoms with Crippen LogP contribution in [0.15, 0.2) is 85.1 Å². The van der Waals surface area contributed by atoms with Crippen LogP contribution in [0.5, 0.6) is 0 Å². The normalized spacial score (nSPS) is 14.7. The Kier molecular flexibility index (Phi) is 38.3. The molecular weight excluding hydrogens is 729 g/mol. The fourth-order valence-corrected chi connectivity index (χ4v) is 5.94. The average molecular weight is 806 g/mol. The molecule has 0 saturated carbocycles. The molecule has 56 heavy (non-hydrogen) atoms. The van der Waals surface area contributed by atoms with Gasteiger partial charge in [-0.1, -0.05) is 131 Å². The van der Waals surface area contributed by atoms with Crippen molar-refractivity contribution in [1.29, 1.82) is 0 Å². The van der Waals surface area contributed by atoms with Crippen molar-refractivity contribution >= 4 is 19.8 Å². The summed E-state index contributed by atoms with van der Waals surface area (Å²) < 4.78 is 32.6. The fourth-order valence-electron chi connectivity index (χ4n) is 5.18. The van der Waals surface area contributed by atoms with Crippen molar-refractivity contribution < 1.29 is 42.7 Å². The van der Waals surface area contributed by atoms with Crippen LogP contribution in [0.3, 0.4) is 0 Å². The van der Waals surface area contributed by atoms with Crippen LogP contribution < -0.4 is 5.73 Å². The molecule has 10 nitrogen and oxygen atoms in total. The van der Waals surface area contributed by atoms with Gasteiger partial charge in [0.25, 0.3) is 0 Å². The van der Waals surface area contributed by atoms with E-state index in [1.165, 1.54) is 25.7 Å². The van der Waals surface area contributed by atoms with Crippen molar-refractivity contribution in [1.82, 2.24) is 0 Å². The molecule has 0 aliphatic rings. The van der Waals surface area contributed by atoms with Gasteiger partial charge in [0.2, 0.25) is 0 Å². The second kappa shape index (κ2) is 40.4. The van der Waals surface area contributed by atoms with Gasteiger partial charge in [0.1, 0.15) is 6.61 Å². The second-order valence-electron chi connectivity index (χ2n) is 13.7. The van der Waals surface area contributed by atoms with E-state index in [2.05, 4.69) is 80.7 Å². The largest absolute Gasteiger partial charge is 0.472 e. The zero-order valence-corrected chi connectivity index (χ0v) is 35.6. The van der Waals surface area contributed by atoms with E-state index in [1.54, 1.807) is 0 Å². The van der Waals surface area contributed by atoms with E-state index in [0.29, 0.717) is 25.7 Å². The van der Waals surface area contributed by atoms with Crippen molar-refractivity contribution in [2.24, 2.45) is 5.73 Å². The maximum Gasteiger partial charge on any atom is 0.472 e. The molecule has 0 bridgehead atoms. The molecule has 0 aromatic rings. The van der Waals surface area contributed by atoms with E-state index in [4.69, 9.17) is 24.3 Å². The summed E-state index contributed by atoms with van der Waals surface area (Å²) in [6.07, 6.45) is 46.8. The molecule has 0 radical (unpaired) electrons. The Morgan fingerprint density at radius 1 is 0.607 bits per heavy atom. The number of phosphoric acid groups is 1. The van der Waals surface area contributed by atoms with Gasteiger partial charge in [-0.2, -0.15) is 0 Å². The standard InChI is InChI=1S/C45H76NO9P/c1-3-5-6-7-8-9-10-11-12-13-14-17-20-23-26-29-32-36-44(48)52-40-43(41-54-56(50,51)53-39-38-46)55-45(49)37-33-30-27-24-21-18-15-16-19-22-25-28-31-35-42(47)34-4-2/h8-9,11-12,14-15,17-19,22,24,27-28,31,42-43,47H,3-7,10,13,16,20-21,23,25-26,29-30,32-41,46H2,1-2H3,(H,50,51)/b9-8-,12-11-,17-14-,18-15-,22-19-,27-24-,31-28-/t42?,43-/m1/s1. The molecule has 0 aromatic carbocycles. The summed E-state index contributed by atoms with van der Waals surface area (Å²) in [4.78, 5) is 34.8. The van der Waals surface area contributed by atoms with Gasteiger partial charge in [-0.3, -0.25) is 18.6 Å². The summed E-state index contributed by atoms with van der Waals surface area (Å²) >= 11 is 0. The van der Waals surface area contributed by atoms with Gasteiger partial charge in [0.05, 0.1) is 19.3 Å². The zero-order valence-electron chi connectivity index (χ0n) is 34.7. The van der Waals surface area contributed by atoms with E-state index in [0.717, 1.165) is 70.6 Å². The van der Waals surface area contributed by atoms with Crippen molar-refractivity contribution in [3.63, 3.8) is 0 Å². The van der Waals surface area contributed by atoms with Crippen LogP contribution in [0, 0.1) is 0 Å². The maximum absolute atomic E-state index is 12.6. The van der Waals surface area contributed by atoms with E-state index in [9.17, 15) is 24.2 Å². The number of unbranched alkanes of at least 4 members (excludes halogenated alkanes) is 8. The van der Waals surface area contributed by atoms with Crippen LogP contribution in [0.1, 0.15) is 149 Å². The summed E-state index contributed by atoms with van der Waals surface area (Å²) in [5, 5.41) is 9.72. The lowest BCUT2D eigenvalue weighted by Crippen LogP contribution is -2.29. The van der Waals surface area contributed by atoms with Gasteiger partial charge in [-0.25, -0.2) is 4.57 Å². The summed E-state index contributed by atoms with van der Waals surface area (Å²) in [6, 6.07) is 0. The molecule has 0 aliphatic heterocycles. The van der Waals surface area contributed by atoms with Crippen molar-refractivity contribution in [3.05, 3.63) is 85.1 Å². The first-order valence-electron chi connectivity index (χ1n) is 21.1. The Morgan fingerprint density at radius 3 is 1.66 bits per heavy atom. The fraction of sp³-hybridized carbons (Fsp3) is 0.644. The van der Waals surface area contributed by atoms with Gasteiger partial charge in [0.15, 0.2) is 6.10 Å². The average Bonchev–Trinajstić information content (AvgIpc) is 3.17. The molecule has 0 aromatic heterocycles. The number of nitrogens with two attached hydrogens (primary N) is 1. The summed E-state index contributed by atoms with van der Waals surface area (Å²) in [6.45, 7) is 3.38. The van der Waals surface area contributed by atoms with Crippen LogP contribution in [-0.2, 0) is 32.7 Å². The number of allylic oxidation sites excluding steroid dienone is 13. The Bertz CT molecular complexity index is 1210. The number of rotatable bonds is 38. The lowest BCUT2D eigenvalue weighted by Gasteiger charge is -2.19. The number of esters is 2. The first kappa shape index (κ1) is 53.1.